The second kappa shape index (κ2) is 6.02. The first-order chi connectivity index (χ1) is 10.1. The lowest BCUT2D eigenvalue weighted by Gasteiger charge is -2.10. The average Bonchev–Trinajstić information content (AvgIpc) is 2.42. The molecule has 0 aliphatic rings. The zero-order valence-corrected chi connectivity index (χ0v) is 15.1. The summed E-state index contributed by atoms with van der Waals surface area (Å²) in [6, 6.07) is 10.2. The first kappa shape index (κ1) is 17.0. The van der Waals surface area contributed by atoms with Gasteiger partial charge >= 0.3 is 0 Å². The number of aryl methyl sites for hydroxylation is 1. The smallest absolute Gasteiger partial charge is 0.261 e. The van der Waals surface area contributed by atoms with Crippen LogP contribution < -0.4 is 4.72 Å². The molecule has 22 heavy (non-hydrogen) atoms. The highest BCUT2D eigenvalue weighted by atomic mass is 79.9. The van der Waals surface area contributed by atoms with Gasteiger partial charge in [0.2, 0.25) is 0 Å². The number of sulfonamides is 1. The van der Waals surface area contributed by atoms with Crippen LogP contribution >= 0.6 is 15.9 Å². The second-order valence-corrected chi connectivity index (χ2v) is 9.37. The fourth-order valence-corrected chi connectivity index (χ4v) is 3.71. The van der Waals surface area contributed by atoms with E-state index in [0.29, 0.717) is 5.69 Å². The number of nitrogens with one attached hydrogen (secondary N) is 1. The van der Waals surface area contributed by atoms with E-state index in [1.807, 2.05) is 6.92 Å². The molecule has 2 aromatic carbocycles. The number of benzene rings is 2. The molecule has 118 valence electrons. The summed E-state index contributed by atoms with van der Waals surface area (Å²) in [5, 5.41) is 0. The predicted octanol–water partition coefficient (Wildman–Crippen LogP) is 2.96. The molecule has 0 spiro atoms. The lowest BCUT2D eigenvalue weighted by atomic mass is 10.2. The molecule has 1 N–H and O–H groups in total. The zero-order chi connectivity index (χ0) is 16.5. The second-order valence-electron chi connectivity index (χ2n) is 4.81. The summed E-state index contributed by atoms with van der Waals surface area (Å²) in [7, 11) is -7.12. The summed E-state index contributed by atoms with van der Waals surface area (Å²) in [6.45, 7) is 1.85. The van der Waals surface area contributed by atoms with Gasteiger partial charge in [-0.25, -0.2) is 16.8 Å². The quantitative estimate of drug-likeness (QED) is 0.850. The summed E-state index contributed by atoms with van der Waals surface area (Å²) in [4.78, 5) is 0.0754. The minimum absolute atomic E-state index is 0.000437. The third kappa shape index (κ3) is 3.88. The topological polar surface area (TPSA) is 80.3 Å². The molecular weight excluding hydrogens is 390 g/mol. The Hall–Kier alpha value is -1.38. The van der Waals surface area contributed by atoms with Gasteiger partial charge in [0.05, 0.1) is 9.79 Å². The van der Waals surface area contributed by atoms with Crippen molar-refractivity contribution < 1.29 is 16.8 Å². The van der Waals surface area contributed by atoms with E-state index in [-0.39, 0.29) is 9.79 Å². The van der Waals surface area contributed by atoms with E-state index in [1.54, 1.807) is 18.2 Å². The molecular formula is C14H14BrNO4S2. The molecule has 8 heteroatoms. The lowest BCUT2D eigenvalue weighted by Crippen LogP contribution is -2.13. The molecule has 2 rings (SSSR count). The van der Waals surface area contributed by atoms with Crippen molar-refractivity contribution in [2.75, 3.05) is 11.0 Å². The van der Waals surface area contributed by atoms with Gasteiger partial charge in [-0.1, -0.05) is 15.9 Å². The minimum atomic E-state index is -3.77. The Bertz CT molecular complexity index is 904. The van der Waals surface area contributed by atoms with Crippen molar-refractivity contribution in [3.05, 3.63) is 52.5 Å². The third-order valence-corrected chi connectivity index (χ3v) is 6.39. The molecule has 0 bridgehead atoms. The molecule has 0 aliphatic heterocycles. The molecule has 0 radical (unpaired) electrons. The maximum absolute atomic E-state index is 12.3. The number of hydrogen-bond acceptors (Lipinski definition) is 4. The molecule has 0 aromatic heterocycles. The number of rotatable bonds is 4. The largest absolute Gasteiger partial charge is 0.280 e. The minimum Gasteiger partial charge on any atom is -0.280 e. The summed E-state index contributed by atoms with van der Waals surface area (Å²) in [6.07, 6.45) is 1.07. The first-order valence-corrected chi connectivity index (χ1v) is 10.4. The van der Waals surface area contributed by atoms with Crippen LogP contribution in [-0.4, -0.2) is 23.1 Å². The summed E-state index contributed by atoms with van der Waals surface area (Å²) in [5.41, 5.74) is 1.33. The van der Waals surface area contributed by atoms with E-state index in [0.717, 1.165) is 16.3 Å². The van der Waals surface area contributed by atoms with E-state index < -0.39 is 19.9 Å². The van der Waals surface area contributed by atoms with Crippen molar-refractivity contribution in [2.45, 2.75) is 16.7 Å². The fraction of sp³-hybridized carbons (Fsp3) is 0.143. The molecule has 0 heterocycles. The lowest BCUT2D eigenvalue weighted by molar-refractivity contribution is 0.597. The van der Waals surface area contributed by atoms with Gasteiger partial charge in [0.25, 0.3) is 10.0 Å². The maximum atomic E-state index is 12.3. The van der Waals surface area contributed by atoms with Gasteiger partial charge in [0.1, 0.15) is 0 Å². The summed E-state index contributed by atoms with van der Waals surface area (Å²) >= 11 is 3.35. The standard InChI is InChI=1S/C14H14BrNO4S2/c1-10-9-11(3-8-14(10)15)16-22(19,20)13-6-4-12(5-7-13)21(2,17)18/h3-9,16H,1-2H3. The predicted molar refractivity (Wildman–Crippen MR) is 89.2 cm³/mol. The number of anilines is 1. The highest BCUT2D eigenvalue weighted by molar-refractivity contribution is 9.10. The van der Waals surface area contributed by atoms with Gasteiger partial charge < -0.3 is 0 Å². The Morgan fingerprint density at radius 3 is 1.95 bits per heavy atom. The Morgan fingerprint density at radius 1 is 0.909 bits per heavy atom. The van der Waals surface area contributed by atoms with E-state index >= 15 is 0 Å². The number of sulfone groups is 1. The van der Waals surface area contributed by atoms with Gasteiger partial charge in [-0.2, -0.15) is 0 Å². The van der Waals surface area contributed by atoms with Crippen LogP contribution in [-0.2, 0) is 19.9 Å². The van der Waals surface area contributed by atoms with Gasteiger partial charge in [-0.15, -0.1) is 0 Å². The Morgan fingerprint density at radius 2 is 1.45 bits per heavy atom. The molecule has 0 atom stereocenters. The molecule has 2 aromatic rings. The van der Waals surface area contributed by atoms with E-state index in [9.17, 15) is 16.8 Å². The maximum Gasteiger partial charge on any atom is 0.261 e. The van der Waals surface area contributed by atoms with Crippen molar-refractivity contribution in [3.8, 4) is 0 Å². The average molecular weight is 404 g/mol. The molecule has 0 saturated carbocycles. The summed E-state index contributed by atoms with van der Waals surface area (Å²) in [5.74, 6) is 0. The molecule has 0 unspecified atom stereocenters. The van der Waals surface area contributed by atoms with Gasteiger partial charge in [-0.3, -0.25) is 4.72 Å². The Balaban J connectivity index is 2.32. The van der Waals surface area contributed by atoms with Crippen LogP contribution in [0.25, 0.3) is 0 Å². The zero-order valence-electron chi connectivity index (χ0n) is 11.9. The van der Waals surface area contributed by atoms with Crippen LogP contribution in [0.3, 0.4) is 0 Å². The van der Waals surface area contributed by atoms with Crippen molar-refractivity contribution in [1.82, 2.24) is 0 Å². The Kier molecular flexibility index (Phi) is 4.65. The highest BCUT2D eigenvalue weighted by Crippen LogP contribution is 2.23. The number of hydrogen-bond donors (Lipinski definition) is 1. The van der Waals surface area contributed by atoms with Crippen molar-refractivity contribution >= 4 is 41.5 Å². The van der Waals surface area contributed by atoms with Crippen LogP contribution in [0.2, 0.25) is 0 Å². The molecule has 0 saturated heterocycles. The summed E-state index contributed by atoms with van der Waals surface area (Å²) < 4.78 is 50.7. The highest BCUT2D eigenvalue weighted by Gasteiger charge is 2.16. The van der Waals surface area contributed by atoms with E-state index in [1.165, 1.54) is 24.3 Å². The van der Waals surface area contributed by atoms with Crippen LogP contribution in [0.5, 0.6) is 0 Å². The van der Waals surface area contributed by atoms with Crippen molar-refractivity contribution in [1.29, 1.82) is 0 Å². The normalized spacial score (nSPS) is 12.1. The fourth-order valence-electron chi connectivity index (χ4n) is 1.79. The van der Waals surface area contributed by atoms with Crippen molar-refractivity contribution in [3.63, 3.8) is 0 Å². The van der Waals surface area contributed by atoms with Crippen LogP contribution in [0.1, 0.15) is 5.56 Å². The van der Waals surface area contributed by atoms with Crippen LogP contribution in [0, 0.1) is 6.92 Å². The van der Waals surface area contributed by atoms with E-state index in [2.05, 4.69) is 20.7 Å². The van der Waals surface area contributed by atoms with Gasteiger partial charge in [0, 0.05) is 16.4 Å². The van der Waals surface area contributed by atoms with Crippen LogP contribution in [0.15, 0.2) is 56.7 Å². The monoisotopic (exact) mass is 403 g/mol. The SMILES string of the molecule is Cc1cc(NS(=O)(=O)c2ccc(S(C)(=O)=O)cc2)ccc1Br. The molecule has 0 amide bonds. The molecule has 5 nitrogen and oxygen atoms in total. The molecule has 0 fully saturated rings. The molecule has 0 aliphatic carbocycles. The first-order valence-electron chi connectivity index (χ1n) is 6.19. The Labute approximate surface area is 138 Å². The van der Waals surface area contributed by atoms with E-state index in [4.69, 9.17) is 0 Å². The van der Waals surface area contributed by atoms with Gasteiger partial charge in [0.15, 0.2) is 9.84 Å². The van der Waals surface area contributed by atoms with Crippen molar-refractivity contribution in [2.24, 2.45) is 0 Å². The van der Waals surface area contributed by atoms with Gasteiger partial charge in [-0.05, 0) is 55.0 Å². The third-order valence-electron chi connectivity index (χ3n) is 2.97. The van der Waals surface area contributed by atoms with Crippen LogP contribution in [0.4, 0.5) is 5.69 Å². The number of halogens is 1.